The van der Waals surface area contributed by atoms with Gasteiger partial charge in [0.1, 0.15) is 0 Å². The number of amides is 1. The molecule has 2 rings (SSSR count). The predicted octanol–water partition coefficient (Wildman–Crippen LogP) is 4.38. The summed E-state index contributed by atoms with van der Waals surface area (Å²) >= 11 is 8.88. The van der Waals surface area contributed by atoms with Gasteiger partial charge >= 0.3 is 0 Å². The fraction of sp³-hybridized carbons (Fsp3) is 0.400. The average molecular weight is 371 g/mol. The third-order valence-electron chi connectivity index (χ3n) is 2.85. The third-order valence-corrected chi connectivity index (χ3v) is 5.24. The molecular weight excluding hydrogens is 352 g/mol. The first-order chi connectivity index (χ1) is 11.0. The molecule has 0 bridgehead atoms. The van der Waals surface area contributed by atoms with Gasteiger partial charge in [0.15, 0.2) is 4.34 Å². The highest BCUT2D eigenvalue weighted by atomic mass is 35.5. The second kappa shape index (κ2) is 8.52. The van der Waals surface area contributed by atoms with E-state index in [0.29, 0.717) is 16.6 Å². The van der Waals surface area contributed by atoms with Gasteiger partial charge in [0.2, 0.25) is 11.0 Å². The molecule has 0 saturated carbocycles. The normalized spacial score (nSPS) is 12.2. The molecule has 0 radical (unpaired) electrons. The largest absolute Gasteiger partial charge is 0.360 e. The van der Waals surface area contributed by atoms with Crippen LogP contribution >= 0.6 is 34.7 Å². The van der Waals surface area contributed by atoms with E-state index < -0.39 is 0 Å². The number of benzene rings is 1. The Bertz CT molecular complexity index is 662. The van der Waals surface area contributed by atoms with Crippen LogP contribution in [0.4, 0.5) is 10.8 Å². The van der Waals surface area contributed by atoms with Crippen molar-refractivity contribution in [3.05, 3.63) is 29.3 Å². The first kappa shape index (κ1) is 18.0. The number of hydrogen-bond donors (Lipinski definition) is 2. The highest BCUT2D eigenvalue weighted by Gasteiger charge is 2.18. The number of thioether (sulfide) groups is 1. The average Bonchev–Trinajstić information content (AvgIpc) is 2.95. The van der Waals surface area contributed by atoms with E-state index in [0.717, 1.165) is 16.0 Å². The van der Waals surface area contributed by atoms with Crippen molar-refractivity contribution in [2.45, 2.75) is 30.4 Å². The quantitative estimate of drug-likeness (QED) is 0.708. The smallest absolute Gasteiger partial charge is 0.237 e. The maximum absolute atomic E-state index is 12.2. The molecule has 0 fully saturated rings. The Balaban J connectivity index is 1.90. The van der Waals surface area contributed by atoms with Crippen LogP contribution in [-0.4, -0.2) is 27.9 Å². The Hall–Kier alpha value is -1.31. The van der Waals surface area contributed by atoms with Gasteiger partial charge in [-0.05, 0) is 25.0 Å². The Labute approximate surface area is 149 Å². The van der Waals surface area contributed by atoms with Gasteiger partial charge in [-0.2, -0.15) is 0 Å². The molecule has 1 aromatic heterocycles. The fourth-order valence-corrected chi connectivity index (χ4v) is 3.71. The number of carbonyl (C=O) groups excluding carboxylic acids is 1. The van der Waals surface area contributed by atoms with E-state index in [2.05, 4.69) is 34.7 Å². The molecule has 0 spiro atoms. The van der Waals surface area contributed by atoms with Crippen molar-refractivity contribution >= 4 is 51.4 Å². The summed E-state index contributed by atoms with van der Waals surface area (Å²) in [5.74, 6) is 0.422. The number of anilines is 2. The Kier molecular flexibility index (Phi) is 6.68. The molecule has 2 aromatic rings. The molecule has 5 nitrogen and oxygen atoms in total. The second-order valence-electron chi connectivity index (χ2n) is 5.38. The minimum Gasteiger partial charge on any atom is -0.360 e. The molecule has 1 heterocycles. The molecule has 2 N–H and O–H groups in total. The van der Waals surface area contributed by atoms with Gasteiger partial charge < -0.3 is 10.6 Å². The standard InChI is InChI=1S/C15H19ClN4OS2/c1-9(2)8-17-14-19-20-15(23-14)22-10(3)13(21)18-12-7-5-4-6-11(12)16/h4-7,9-10H,8H2,1-3H3,(H,17,19)(H,18,21)/t10-/m0/s1. The van der Waals surface area contributed by atoms with Crippen LogP contribution in [0.25, 0.3) is 0 Å². The minimum atomic E-state index is -0.294. The zero-order valence-electron chi connectivity index (χ0n) is 13.2. The van der Waals surface area contributed by atoms with Crippen LogP contribution in [0.2, 0.25) is 5.02 Å². The zero-order chi connectivity index (χ0) is 16.8. The van der Waals surface area contributed by atoms with E-state index in [1.54, 1.807) is 12.1 Å². The molecule has 0 saturated heterocycles. The summed E-state index contributed by atoms with van der Waals surface area (Å²) in [5.41, 5.74) is 0.614. The Morgan fingerprint density at radius 3 is 2.74 bits per heavy atom. The van der Waals surface area contributed by atoms with E-state index in [4.69, 9.17) is 11.6 Å². The number of halogens is 1. The molecule has 1 amide bonds. The van der Waals surface area contributed by atoms with Crippen LogP contribution in [-0.2, 0) is 4.79 Å². The minimum absolute atomic E-state index is 0.116. The first-order valence-corrected chi connectivity index (χ1v) is 9.32. The molecule has 1 atom stereocenters. The summed E-state index contributed by atoms with van der Waals surface area (Å²) in [5, 5.41) is 15.2. The van der Waals surface area contributed by atoms with Gasteiger partial charge in [0, 0.05) is 6.54 Å². The highest BCUT2D eigenvalue weighted by molar-refractivity contribution is 8.02. The Morgan fingerprint density at radius 1 is 1.30 bits per heavy atom. The van der Waals surface area contributed by atoms with E-state index in [1.165, 1.54) is 23.1 Å². The summed E-state index contributed by atoms with van der Waals surface area (Å²) in [6.45, 7) is 6.94. The Morgan fingerprint density at radius 2 is 2.04 bits per heavy atom. The second-order valence-corrected chi connectivity index (χ2v) is 8.35. The van der Waals surface area contributed by atoms with Gasteiger partial charge in [0.05, 0.1) is 16.0 Å². The van der Waals surface area contributed by atoms with Crippen molar-refractivity contribution in [3.63, 3.8) is 0 Å². The van der Waals surface area contributed by atoms with E-state index in [1.807, 2.05) is 19.1 Å². The van der Waals surface area contributed by atoms with Crippen molar-refractivity contribution in [1.29, 1.82) is 0 Å². The summed E-state index contributed by atoms with van der Waals surface area (Å²) in [6.07, 6.45) is 0. The lowest BCUT2D eigenvalue weighted by Gasteiger charge is -2.11. The predicted molar refractivity (Wildman–Crippen MR) is 98.6 cm³/mol. The zero-order valence-corrected chi connectivity index (χ0v) is 15.6. The maximum Gasteiger partial charge on any atom is 0.237 e. The molecule has 1 aromatic carbocycles. The number of nitrogens with zero attached hydrogens (tertiary/aromatic N) is 2. The molecule has 23 heavy (non-hydrogen) atoms. The van der Waals surface area contributed by atoms with Crippen molar-refractivity contribution in [2.75, 3.05) is 17.2 Å². The van der Waals surface area contributed by atoms with Crippen molar-refractivity contribution in [3.8, 4) is 0 Å². The van der Waals surface area contributed by atoms with Gasteiger partial charge in [0.25, 0.3) is 0 Å². The number of carbonyl (C=O) groups is 1. The lowest BCUT2D eigenvalue weighted by atomic mass is 10.2. The number of nitrogens with one attached hydrogen (secondary N) is 2. The van der Waals surface area contributed by atoms with Crippen LogP contribution in [0.5, 0.6) is 0 Å². The third kappa shape index (κ3) is 5.67. The van der Waals surface area contributed by atoms with E-state index >= 15 is 0 Å². The van der Waals surface area contributed by atoms with Crippen LogP contribution in [0.1, 0.15) is 20.8 Å². The van der Waals surface area contributed by atoms with Crippen LogP contribution in [0.3, 0.4) is 0 Å². The SMILES string of the molecule is CC(C)CNc1nnc(S[C@@H](C)C(=O)Nc2ccccc2Cl)s1. The summed E-state index contributed by atoms with van der Waals surface area (Å²) < 4.78 is 0.762. The van der Waals surface area contributed by atoms with Gasteiger partial charge in [-0.3, -0.25) is 4.79 Å². The number of para-hydroxylation sites is 1. The molecule has 124 valence electrons. The molecule has 0 aliphatic rings. The van der Waals surface area contributed by atoms with Crippen LogP contribution in [0, 0.1) is 5.92 Å². The first-order valence-electron chi connectivity index (χ1n) is 7.25. The number of hydrogen-bond acceptors (Lipinski definition) is 6. The molecule has 8 heteroatoms. The lowest BCUT2D eigenvalue weighted by molar-refractivity contribution is -0.115. The van der Waals surface area contributed by atoms with Crippen molar-refractivity contribution < 1.29 is 4.79 Å². The highest BCUT2D eigenvalue weighted by Crippen LogP contribution is 2.30. The van der Waals surface area contributed by atoms with Gasteiger partial charge in [-0.15, -0.1) is 10.2 Å². The molecule has 0 aliphatic heterocycles. The summed E-state index contributed by atoms with van der Waals surface area (Å²) in [7, 11) is 0. The monoisotopic (exact) mass is 370 g/mol. The number of rotatable bonds is 7. The van der Waals surface area contributed by atoms with Crippen LogP contribution in [0.15, 0.2) is 28.6 Å². The molecule has 0 unspecified atom stereocenters. The van der Waals surface area contributed by atoms with Gasteiger partial charge in [-0.25, -0.2) is 0 Å². The van der Waals surface area contributed by atoms with Crippen molar-refractivity contribution in [2.24, 2.45) is 5.92 Å². The maximum atomic E-state index is 12.2. The number of aromatic nitrogens is 2. The van der Waals surface area contributed by atoms with E-state index in [-0.39, 0.29) is 11.2 Å². The fourth-order valence-electron chi connectivity index (χ4n) is 1.62. The lowest BCUT2D eigenvalue weighted by Crippen LogP contribution is -2.22. The van der Waals surface area contributed by atoms with E-state index in [9.17, 15) is 4.79 Å². The summed E-state index contributed by atoms with van der Waals surface area (Å²) in [6, 6.07) is 7.17. The molecule has 0 aliphatic carbocycles. The van der Waals surface area contributed by atoms with Crippen molar-refractivity contribution in [1.82, 2.24) is 10.2 Å². The van der Waals surface area contributed by atoms with Crippen LogP contribution < -0.4 is 10.6 Å². The topological polar surface area (TPSA) is 66.9 Å². The molecular formula is C15H19ClN4OS2. The van der Waals surface area contributed by atoms with Gasteiger partial charge in [-0.1, -0.05) is 60.7 Å². The summed E-state index contributed by atoms with van der Waals surface area (Å²) in [4.78, 5) is 12.2.